The molecule has 0 aromatic carbocycles. The van der Waals surface area contributed by atoms with Crippen LogP contribution in [0.4, 0.5) is 5.82 Å². The van der Waals surface area contributed by atoms with E-state index >= 15 is 0 Å². The molecule has 0 bridgehead atoms. The van der Waals surface area contributed by atoms with Crippen molar-refractivity contribution >= 4 is 28.7 Å². The van der Waals surface area contributed by atoms with Crippen LogP contribution in [-0.4, -0.2) is 90.2 Å². The number of aliphatic hydroxyl groups is 3. The van der Waals surface area contributed by atoms with Crippen molar-refractivity contribution in [3.8, 4) is 0 Å². The van der Waals surface area contributed by atoms with Crippen LogP contribution in [-0.2, 0) is 9.47 Å². The van der Waals surface area contributed by atoms with E-state index in [1.54, 1.807) is 0 Å². The van der Waals surface area contributed by atoms with E-state index < -0.39 is 31.1 Å². The van der Waals surface area contributed by atoms with E-state index in [0.29, 0.717) is 28.7 Å². The van der Waals surface area contributed by atoms with Gasteiger partial charge in [0.25, 0.3) is 0 Å². The average Bonchev–Trinajstić information content (AvgIpc) is 3.45. The highest BCUT2D eigenvalue weighted by Gasteiger charge is 2.44. The fourth-order valence-corrected chi connectivity index (χ4v) is 4.15. The van der Waals surface area contributed by atoms with Gasteiger partial charge in [0.2, 0.25) is 0 Å². The fourth-order valence-electron chi connectivity index (χ4n) is 3.46. The van der Waals surface area contributed by atoms with E-state index in [-0.39, 0.29) is 6.10 Å². The van der Waals surface area contributed by atoms with Crippen molar-refractivity contribution < 1.29 is 24.8 Å². The maximum atomic E-state index is 10.4. The molecule has 0 radical (unpaired) electrons. The molecule has 4 rings (SSSR count). The molecule has 2 saturated heterocycles. The lowest BCUT2D eigenvalue weighted by molar-refractivity contribution is -0.0575. The molecule has 2 aliphatic rings. The summed E-state index contributed by atoms with van der Waals surface area (Å²) in [6.07, 6.45) is -1.25. The highest BCUT2D eigenvalue weighted by molar-refractivity contribution is 7.99. The summed E-state index contributed by atoms with van der Waals surface area (Å²) >= 11 is 1.51. The lowest BCUT2D eigenvalue weighted by atomic mass is 10.1. The maximum absolute atomic E-state index is 10.4. The van der Waals surface area contributed by atoms with Crippen LogP contribution in [0, 0.1) is 0 Å². The quantitative estimate of drug-likeness (QED) is 0.332. The Morgan fingerprint density at radius 1 is 1.28 bits per heavy atom. The van der Waals surface area contributed by atoms with E-state index in [4.69, 9.17) is 9.47 Å². The predicted molar refractivity (Wildman–Crippen MR) is 105 cm³/mol. The molecular weight excluding hydrogens is 400 g/mol. The second-order valence-electron chi connectivity index (χ2n) is 7.15. The van der Waals surface area contributed by atoms with Gasteiger partial charge in [-0.15, -0.1) is 5.10 Å². The molecule has 2 aromatic heterocycles. The van der Waals surface area contributed by atoms with Crippen molar-refractivity contribution in [2.45, 2.75) is 62.0 Å². The van der Waals surface area contributed by atoms with Crippen molar-refractivity contribution in [1.29, 1.82) is 0 Å². The summed E-state index contributed by atoms with van der Waals surface area (Å²) in [6.45, 7) is 3.03. The third-order valence-electron chi connectivity index (χ3n) is 5.02. The number of ether oxygens (including phenoxy) is 2. The van der Waals surface area contributed by atoms with Crippen molar-refractivity contribution in [1.82, 2.24) is 25.0 Å². The molecule has 0 amide bonds. The molecule has 4 N–H and O–H groups in total. The first-order valence-electron chi connectivity index (χ1n) is 9.86. The number of fused-ring (bicyclic) bond motifs is 1. The summed E-state index contributed by atoms with van der Waals surface area (Å²) in [5.41, 5.74) is 0.838. The Bertz CT molecular complexity index is 832. The second kappa shape index (κ2) is 9.06. The van der Waals surface area contributed by atoms with Gasteiger partial charge in [-0.3, -0.25) is 0 Å². The SMILES string of the molecule is CCCSc1nc(NCC2CCCO2)c2nnn([C@@H]3O[C@H](CO)[C@@H](O)[C@H]3O)c2n1. The zero-order chi connectivity index (χ0) is 20.4. The number of aromatic nitrogens is 5. The molecule has 11 nitrogen and oxygen atoms in total. The van der Waals surface area contributed by atoms with Crippen LogP contribution in [0.1, 0.15) is 32.4 Å². The number of anilines is 1. The third-order valence-corrected chi connectivity index (χ3v) is 6.07. The van der Waals surface area contributed by atoms with Gasteiger partial charge in [-0.1, -0.05) is 23.9 Å². The lowest BCUT2D eigenvalue weighted by Crippen LogP contribution is -2.33. The van der Waals surface area contributed by atoms with Crippen LogP contribution in [0.15, 0.2) is 5.16 Å². The summed E-state index contributed by atoms with van der Waals surface area (Å²) in [7, 11) is 0. The normalized spacial score (nSPS) is 29.7. The van der Waals surface area contributed by atoms with Crippen molar-refractivity contribution in [3.63, 3.8) is 0 Å². The van der Waals surface area contributed by atoms with Gasteiger partial charge in [0.1, 0.15) is 18.3 Å². The highest BCUT2D eigenvalue weighted by Crippen LogP contribution is 2.32. The molecule has 5 atom stereocenters. The molecule has 0 saturated carbocycles. The van der Waals surface area contributed by atoms with Gasteiger partial charge >= 0.3 is 0 Å². The van der Waals surface area contributed by atoms with E-state index in [1.165, 1.54) is 16.4 Å². The Kier molecular flexibility index (Phi) is 6.47. The van der Waals surface area contributed by atoms with Crippen molar-refractivity contribution in [2.24, 2.45) is 0 Å². The van der Waals surface area contributed by atoms with Crippen LogP contribution >= 0.6 is 11.8 Å². The summed E-state index contributed by atoms with van der Waals surface area (Å²) in [5.74, 6) is 1.40. The van der Waals surface area contributed by atoms with Crippen LogP contribution in [0.25, 0.3) is 11.2 Å². The standard InChI is InChI=1S/C17H26N6O5S/c1-2-6-29-17-19-14(18-7-9-4-3-5-27-9)11-15(20-17)23(22-21-11)16-13(26)12(25)10(8-24)28-16/h9-10,12-13,16,24-26H,2-8H2,1H3,(H,18,19,20)/t9?,10-,12-,13-,16-/m1/s1. The van der Waals surface area contributed by atoms with Crippen LogP contribution in [0.2, 0.25) is 0 Å². The fraction of sp³-hybridized carbons (Fsp3) is 0.765. The number of nitrogens with zero attached hydrogens (tertiary/aromatic N) is 5. The molecular formula is C17H26N6O5S. The topological polar surface area (TPSA) is 148 Å². The minimum atomic E-state index is -1.26. The molecule has 1 unspecified atom stereocenters. The predicted octanol–water partition coefficient (Wildman–Crippen LogP) is -0.0742. The molecule has 0 spiro atoms. The van der Waals surface area contributed by atoms with Gasteiger partial charge in [-0.25, -0.2) is 9.97 Å². The van der Waals surface area contributed by atoms with Gasteiger partial charge in [0.15, 0.2) is 28.4 Å². The molecule has 12 heteroatoms. The van der Waals surface area contributed by atoms with Gasteiger partial charge < -0.3 is 30.1 Å². The number of aliphatic hydroxyl groups excluding tert-OH is 3. The average molecular weight is 426 g/mol. The molecule has 4 heterocycles. The summed E-state index contributed by atoms with van der Waals surface area (Å²) in [6, 6.07) is 0. The molecule has 2 aromatic rings. The highest BCUT2D eigenvalue weighted by atomic mass is 32.2. The van der Waals surface area contributed by atoms with Crippen LogP contribution in [0.3, 0.4) is 0 Å². The van der Waals surface area contributed by atoms with Crippen molar-refractivity contribution in [3.05, 3.63) is 0 Å². The molecule has 29 heavy (non-hydrogen) atoms. The first kappa shape index (κ1) is 20.7. The Balaban J connectivity index is 1.66. The number of thioether (sulfide) groups is 1. The van der Waals surface area contributed by atoms with E-state index in [9.17, 15) is 15.3 Å². The number of hydrogen-bond donors (Lipinski definition) is 4. The van der Waals surface area contributed by atoms with Crippen molar-refractivity contribution in [2.75, 3.05) is 30.8 Å². The molecule has 160 valence electrons. The smallest absolute Gasteiger partial charge is 0.191 e. The zero-order valence-corrected chi connectivity index (χ0v) is 17.0. The molecule has 0 aliphatic carbocycles. The van der Waals surface area contributed by atoms with Crippen LogP contribution < -0.4 is 5.32 Å². The van der Waals surface area contributed by atoms with Gasteiger partial charge in [0.05, 0.1) is 12.7 Å². The van der Waals surface area contributed by atoms with Gasteiger partial charge in [-0.2, -0.15) is 4.68 Å². The third kappa shape index (κ3) is 4.18. The Labute approximate surface area is 171 Å². The van der Waals surface area contributed by atoms with E-state index in [0.717, 1.165) is 31.6 Å². The molecule has 2 fully saturated rings. The lowest BCUT2D eigenvalue weighted by Gasteiger charge is -2.15. The number of nitrogens with one attached hydrogen (secondary N) is 1. The summed E-state index contributed by atoms with van der Waals surface area (Å²) in [5, 5.41) is 41.9. The van der Waals surface area contributed by atoms with Crippen LogP contribution in [0.5, 0.6) is 0 Å². The minimum absolute atomic E-state index is 0.127. The maximum Gasteiger partial charge on any atom is 0.191 e. The Morgan fingerprint density at radius 3 is 2.83 bits per heavy atom. The largest absolute Gasteiger partial charge is 0.394 e. The van der Waals surface area contributed by atoms with E-state index in [2.05, 4.69) is 32.5 Å². The van der Waals surface area contributed by atoms with Gasteiger partial charge in [0, 0.05) is 18.9 Å². The first-order valence-corrected chi connectivity index (χ1v) is 10.8. The minimum Gasteiger partial charge on any atom is -0.394 e. The van der Waals surface area contributed by atoms with E-state index in [1.807, 2.05) is 0 Å². The van der Waals surface area contributed by atoms with Gasteiger partial charge in [-0.05, 0) is 19.3 Å². The molecule has 2 aliphatic heterocycles. The second-order valence-corrected chi connectivity index (χ2v) is 8.22. The number of rotatable bonds is 8. The first-order chi connectivity index (χ1) is 14.1. The number of hydrogen-bond acceptors (Lipinski definition) is 11. The summed E-state index contributed by atoms with van der Waals surface area (Å²) in [4.78, 5) is 9.13. The monoisotopic (exact) mass is 426 g/mol. The zero-order valence-electron chi connectivity index (χ0n) is 16.1. The summed E-state index contributed by atoms with van der Waals surface area (Å²) < 4.78 is 12.6. The Hall–Kier alpha value is -1.57. The Morgan fingerprint density at radius 2 is 2.14 bits per heavy atom.